The second kappa shape index (κ2) is 11.9. The molecule has 0 saturated carbocycles. The van der Waals surface area contributed by atoms with Crippen LogP contribution in [0.5, 0.6) is 11.5 Å². The molecule has 0 aliphatic rings. The van der Waals surface area contributed by atoms with Crippen molar-refractivity contribution in [3.63, 3.8) is 0 Å². The standard InChI is InChI=1S/C21H22IN3O6/c1-4-30-19(27)12-31-20-17(22)9-14(10-18(20)29-3)11-23-25-21(28)15-5-7-16(8-6-15)24-13(2)26/h5-11H,4,12H2,1-3H3,(H,24,26)(H,25,28)/b23-11-. The van der Waals surface area contributed by atoms with Crippen LogP contribution in [0.2, 0.25) is 0 Å². The van der Waals surface area contributed by atoms with Gasteiger partial charge < -0.3 is 19.5 Å². The highest BCUT2D eigenvalue weighted by molar-refractivity contribution is 14.1. The number of esters is 1. The van der Waals surface area contributed by atoms with Gasteiger partial charge in [-0.3, -0.25) is 9.59 Å². The van der Waals surface area contributed by atoms with Crippen LogP contribution in [0.15, 0.2) is 41.5 Å². The molecule has 0 aliphatic carbocycles. The first-order valence-electron chi connectivity index (χ1n) is 9.21. The van der Waals surface area contributed by atoms with E-state index in [0.29, 0.717) is 31.9 Å². The molecule has 0 radical (unpaired) electrons. The lowest BCUT2D eigenvalue weighted by Gasteiger charge is -2.13. The summed E-state index contributed by atoms with van der Waals surface area (Å²) in [6.07, 6.45) is 1.46. The van der Waals surface area contributed by atoms with Crippen molar-refractivity contribution in [2.24, 2.45) is 5.10 Å². The number of methoxy groups -OCH3 is 1. The molecule has 0 aliphatic heterocycles. The van der Waals surface area contributed by atoms with E-state index in [4.69, 9.17) is 14.2 Å². The average molecular weight is 539 g/mol. The second-order valence-corrected chi connectivity index (χ2v) is 7.25. The molecule has 2 aromatic rings. The maximum Gasteiger partial charge on any atom is 0.344 e. The van der Waals surface area contributed by atoms with Crippen molar-refractivity contribution >= 4 is 52.3 Å². The summed E-state index contributed by atoms with van der Waals surface area (Å²) in [4.78, 5) is 34.8. The number of rotatable bonds is 9. The van der Waals surface area contributed by atoms with Crippen LogP contribution in [0, 0.1) is 3.57 Å². The van der Waals surface area contributed by atoms with Crippen LogP contribution in [0.1, 0.15) is 29.8 Å². The highest BCUT2D eigenvalue weighted by Gasteiger charge is 2.13. The highest BCUT2D eigenvalue weighted by atomic mass is 127. The Hall–Kier alpha value is -3.15. The number of halogens is 1. The van der Waals surface area contributed by atoms with Gasteiger partial charge >= 0.3 is 5.97 Å². The van der Waals surface area contributed by atoms with E-state index in [2.05, 4.69) is 38.4 Å². The van der Waals surface area contributed by atoms with Crippen LogP contribution >= 0.6 is 22.6 Å². The van der Waals surface area contributed by atoms with Crippen LogP contribution < -0.4 is 20.2 Å². The van der Waals surface area contributed by atoms with Crippen molar-refractivity contribution in [3.8, 4) is 11.5 Å². The lowest BCUT2D eigenvalue weighted by Crippen LogP contribution is -2.17. The number of benzene rings is 2. The Morgan fingerprint density at radius 3 is 2.48 bits per heavy atom. The van der Waals surface area contributed by atoms with E-state index in [9.17, 15) is 14.4 Å². The van der Waals surface area contributed by atoms with Gasteiger partial charge in [-0.1, -0.05) is 0 Å². The summed E-state index contributed by atoms with van der Waals surface area (Å²) >= 11 is 2.05. The van der Waals surface area contributed by atoms with Crippen molar-refractivity contribution in [1.29, 1.82) is 0 Å². The molecule has 2 aromatic carbocycles. The number of anilines is 1. The van der Waals surface area contributed by atoms with Gasteiger partial charge in [-0.05, 0) is 71.5 Å². The third-order valence-electron chi connectivity index (χ3n) is 3.74. The molecule has 0 spiro atoms. The lowest BCUT2D eigenvalue weighted by atomic mass is 10.2. The van der Waals surface area contributed by atoms with Gasteiger partial charge in [-0.25, -0.2) is 10.2 Å². The number of hydrazone groups is 1. The molecule has 0 saturated heterocycles. The fourth-order valence-corrected chi connectivity index (χ4v) is 3.21. The van der Waals surface area contributed by atoms with E-state index in [1.807, 2.05) is 0 Å². The molecule has 2 rings (SSSR count). The summed E-state index contributed by atoms with van der Waals surface area (Å²) < 4.78 is 16.4. The molecule has 0 fully saturated rings. The first kappa shape index (κ1) is 24.1. The maximum atomic E-state index is 12.2. The average Bonchev–Trinajstić information content (AvgIpc) is 2.72. The molecule has 31 heavy (non-hydrogen) atoms. The summed E-state index contributed by atoms with van der Waals surface area (Å²) in [6.45, 7) is 3.17. The number of nitrogens with one attached hydrogen (secondary N) is 2. The van der Waals surface area contributed by atoms with Gasteiger partial charge in [0.05, 0.1) is 23.5 Å². The van der Waals surface area contributed by atoms with Crippen LogP contribution in [-0.2, 0) is 14.3 Å². The first-order valence-corrected chi connectivity index (χ1v) is 10.3. The van der Waals surface area contributed by atoms with Crippen LogP contribution in [0.4, 0.5) is 5.69 Å². The van der Waals surface area contributed by atoms with Crippen molar-refractivity contribution in [1.82, 2.24) is 5.43 Å². The zero-order valence-electron chi connectivity index (χ0n) is 17.2. The van der Waals surface area contributed by atoms with E-state index < -0.39 is 11.9 Å². The summed E-state index contributed by atoms with van der Waals surface area (Å²) in [7, 11) is 1.48. The van der Waals surface area contributed by atoms with Crippen LogP contribution in [-0.4, -0.2) is 44.3 Å². The van der Waals surface area contributed by atoms with E-state index in [1.54, 1.807) is 43.3 Å². The van der Waals surface area contributed by atoms with E-state index >= 15 is 0 Å². The molecule has 0 aromatic heterocycles. The number of hydrogen-bond acceptors (Lipinski definition) is 7. The molecule has 0 unspecified atom stereocenters. The van der Waals surface area contributed by atoms with Gasteiger partial charge in [0, 0.05) is 18.2 Å². The quantitative estimate of drug-likeness (QED) is 0.219. The minimum absolute atomic E-state index is 0.191. The van der Waals surface area contributed by atoms with Gasteiger partial charge in [0.15, 0.2) is 18.1 Å². The molecule has 164 valence electrons. The SMILES string of the molecule is CCOC(=O)COc1c(I)cc(/C=N\NC(=O)c2ccc(NC(C)=O)cc2)cc1OC. The molecular formula is C21H22IN3O6. The normalized spacial score (nSPS) is 10.5. The Bertz CT molecular complexity index is 976. The molecule has 2 N–H and O–H groups in total. The fourth-order valence-electron chi connectivity index (χ4n) is 2.43. The number of amides is 2. The summed E-state index contributed by atoms with van der Waals surface area (Å²) in [5.74, 6) is -0.237. The minimum atomic E-state index is -0.473. The third-order valence-corrected chi connectivity index (χ3v) is 4.54. The van der Waals surface area contributed by atoms with E-state index in [0.717, 1.165) is 0 Å². The minimum Gasteiger partial charge on any atom is -0.493 e. The predicted molar refractivity (Wildman–Crippen MR) is 124 cm³/mol. The lowest BCUT2D eigenvalue weighted by molar-refractivity contribution is -0.145. The maximum absolute atomic E-state index is 12.2. The largest absolute Gasteiger partial charge is 0.493 e. The smallest absolute Gasteiger partial charge is 0.344 e. The molecule has 10 heteroatoms. The number of carbonyl (C=O) groups excluding carboxylic acids is 3. The Kier molecular flexibility index (Phi) is 9.25. The second-order valence-electron chi connectivity index (χ2n) is 6.09. The van der Waals surface area contributed by atoms with E-state index in [1.165, 1.54) is 20.2 Å². The van der Waals surface area contributed by atoms with E-state index in [-0.39, 0.29) is 19.1 Å². The molecule has 0 bridgehead atoms. The van der Waals surface area contributed by atoms with Gasteiger partial charge in [-0.15, -0.1) is 0 Å². The van der Waals surface area contributed by atoms with Crippen molar-refractivity contribution in [2.75, 3.05) is 25.6 Å². The Labute approximate surface area is 193 Å². The molecule has 0 atom stereocenters. The van der Waals surface area contributed by atoms with Crippen LogP contribution in [0.25, 0.3) is 0 Å². The monoisotopic (exact) mass is 539 g/mol. The molecular weight excluding hydrogens is 517 g/mol. The third kappa shape index (κ3) is 7.55. The van der Waals surface area contributed by atoms with Crippen LogP contribution in [0.3, 0.4) is 0 Å². The van der Waals surface area contributed by atoms with Crippen molar-refractivity contribution in [3.05, 3.63) is 51.1 Å². The number of nitrogens with zero attached hydrogens (tertiary/aromatic N) is 1. The van der Waals surface area contributed by atoms with Gasteiger partial charge in [0.1, 0.15) is 0 Å². The number of hydrogen-bond donors (Lipinski definition) is 2. The summed E-state index contributed by atoms with van der Waals surface area (Å²) in [5.41, 5.74) is 4.09. The number of ether oxygens (including phenoxy) is 3. The van der Waals surface area contributed by atoms with Crippen molar-refractivity contribution < 1.29 is 28.6 Å². The van der Waals surface area contributed by atoms with Crippen molar-refractivity contribution in [2.45, 2.75) is 13.8 Å². The summed E-state index contributed by atoms with van der Waals surface area (Å²) in [6, 6.07) is 9.85. The zero-order valence-corrected chi connectivity index (χ0v) is 19.4. The van der Waals surface area contributed by atoms with Gasteiger partial charge in [0.2, 0.25) is 5.91 Å². The number of carbonyl (C=O) groups is 3. The molecule has 0 heterocycles. The first-order chi connectivity index (χ1) is 14.8. The zero-order chi connectivity index (χ0) is 22.8. The fraction of sp³-hybridized carbons (Fsp3) is 0.238. The Morgan fingerprint density at radius 2 is 1.87 bits per heavy atom. The Morgan fingerprint density at radius 1 is 1.16 bits per heavy atom. The summed E-state index contributed by atoms with van der Waals surface area (Å²) in [5, 5.41) is 6.59. The highest BCUT2D eigenvalue weighted by Crippen LogP contribution is 2.33. The van der Waals surface area contributed by atoms with Gasteiger partial charge in [-0.2, -0.15) is 5.10 Å². The topological polar surface area (TPSA) is 115 Å². The molecule has 9 nitrogen and oxygen atoms in total. The van der Waals surface area contributed by atoms with Gasteiger partial charge in [0.25, 0.3) is 5.91 Å². The Balaban J connectivity index is 2.03. The predicted octanol–water partition coefficient (Wildman–Crippen LogP) is 2.96. The molecule has 2 amide bonds.